The molecule has 1 saturated heterocycles. The van der Waals surface area contributed by atoms with Crippen LogP contribution in [-0.4, -0.2) is 43.5 Å². The third-order valence-electron chi connectivity index (χ3n) is 3.64. The van der Waals surface area contributed by atoms with Crippen molar-refractivity contribution < 1.29 is 14.3 Å². The molecule has 1 N–H and O–H groups in total. The number of hydrogen-bond acceptors (Lipinski definition) is 4. The minimum absolute atomic E-state index is 0.0300. The van der Waals surface area contributed by atoms with E-state index >= 15 is 0 Å². The number of amides is 1. The molecule has 5 nitrogen and oxygen atoms in total. The minimum atomic E-state index is -0.146. The molecule has 114 valence electrons. The maximum atomic E-state index is 12.0. The Labute approximate surface area is 132 Å². The summed E-state index contributed by atoms with van der Waals surface area (Å²) in [6.07, 6.45) is 1.49. The summed E-state index contributed by atoms with van der Waals surface area (Å²) >= 11 is 3.40. The van der Waals surface area contributed by atoms with E-state index in [-0.39, 0.29) is 17.8 Å². The van der Waals surface area contributed by atoms with Crippen molar-refractivity contribution in [3.63, 3.8) is 0 Å². The van der Waals surface area contributed by atoms with Crippen molar-refractivity contribution in [3.8, 4) is 0 Å². The average molecular weight is 355 g/mol. The molecule has 1 heterocycles. The molecular weight excluding hydrogens is 336 g/mol. The number of methoxy groups -OCH3 is 1. The number of nitrogens with zero attached hydrogens (tertiary/aromatic N) is 1. The third kappa shape index (κ3) is 4.54. The van der Waals surface area contributed by atoms with E-state index in [1.807, 2.05) is 24.3 Å². The maximum Gasteiger partial charge on any atom is 0.308 e. The number of carbonyl (C=O) groups is 2. The van der Waals surface area contributed by atoms with Gasteiger partial charge in [-0.05, 0) is 54.0 Å². The fraction of sp³-hybridized carbons (Fsp3) is 0.467. The number of nitrogens with one attached hydrogen (secondary N) is 1. The molecule has 1 aromatic carbocycles. The van der Waals surface area contributed by atoms with Crippen molar-refractivity contribution in [2.75, 3.05) is 32.1 Å². The van der Waals surface area contributed by atoms with Crippen LogP contribution in [0, 0.1) is 5.92 Å². The van der Waals surface area contributed by atoms with E-state index in [1.165, 1.54) is 7.11 Å². The Morgan fingerprint density at radius 2 is 2.00 bits per heavy atom. The predicted molar refractivity (Wildman–Crippen MR) is 84.0 cm³/mol. The number of para-hydroxylation sites is 1. The molecule has 0 saturated carbocycles. The summed E-state index contributed by atoms with van der Waals surface area (Å²) in [6, 6.07) is 7.52. The van der Waals surface area contributed by atoms with Crippen LogP contribution in [-0.2, 0) is 14.3 Å². The first-order chi connectivity index (χ1) is 10.1. The summed E-state index contributed by atoms with van der Waals surface area (Å²) in [5.41, 5.74) is 0.770. The quantitative estimate of drug-likeness (QED) is 0.842. The number of piperidine rings is 1. The normalized spacial score (nSPS) is 16.5. The standard InChI is InChI=1S/C15H19BrN2O3/c1-21-15(20)11-6-8-18(9-7-11)10-14(19)17-13-5-3-2-4-12(13)16/h2-5,11H,6-10H2,1H3,(H,17,19). The number of carbonyl (C=O) groups excluding carboxylic acids is 2. The van der Waals surface area contributed by atoms with Crippen molar-refractivity contribution >= 4 is 33.5 Å². The predicted octanol–water partition coefficient (Wildman–Crippen LogP) is 2.27. The zero-order valence-electron chi connectivity index (χ0n) is 12.0. The summed E-state index contributed by atoms with van der Waals surface area (Å²) < 4.78 is 5.62. The first kappa shape index (κ1) is 16.0. The maximum absolute atomic E-state index is 12.0. The highest BCUT2D eigenvalue weighted by Crippen LogP contribution is 2.22. The van der Waals surface area contributed by atoms with Gasteiger partial charge in [-0.3, -0.25) is 14.5 Å². The highest BCUT2D eigenvalue weighted by molar-refractivity contribution is 9.10. The van der Waals surface area contributed by atoms with Gasteiger partial charge in [-0.15, -0.1) is 0 Å². The molecule has 2 rings (SSSR count). The van der Waals surface area contributed by atoms with E-state index in [0.29, 0.717) is 6.54 Å². The Morgan fingerprint density at radius 3 is 2.62 bits per heavy atom. The fourth-order valence-corrected chi connectivity index (χ4v) is 2.83. The molecular formula is C15H19BrN2O3. The van der Waals surface area contributed by atoms with E-state index in [4.69, 9.17) is 4.74 Å². The lowest BCUT2D eigenvalue weighted by Crippen LogP contribution is -2.41. The second-order valence-electron chi connectivity index (χ2n) is 5.10. The Balaban J connectivity index is 1.80. The second kappa shape index (κ2) is 7.56. The van der Waals surface area contributed by atoms with Gasteiger partial charge in [0.25, 0.3) is 0 Å². The highest BCUT2D eigenvalue weighted by Gasteiger charge is 2.26. The SMILES string of the molecule is COC(=O)C1CCN(CC(=O)Nc2ccccc2Br)CC1. The molecule has 0 aliphatic carbocycles. The van der Waals surface area contributed by atoms with Crippen LogP contribution < -0.4 is 5.32 Å². The Bertz CT molecular complexity index is 513. The van der Waals surface area contributed by atoms with Gasteiger partial charge in [0.2, 0.25) is 5.91 Å². The number of ether oxygens (including phenoxy) is 1. The van der Waals surface area contributed by atoms with Crippen LogP contribution in [0.15, 0.2) is 28.7 Å². The van der Waals surface area contributed by atoms with Gasteiger partial charge in [0, 0.05) is 4.47 Å². The largest absolute Gasteiger partial charge is 0.469 e. The van der Waals surface area contributed by atoms with E-state index < -0.39 is 0 Å². The van der Waals surface area contributed by atoms with Gasteiger partial charge < -0.3 is 10.1 Å². The van der Waals surface area contributed by atoms with Crippen LogP contribution >= 0.6 is 15.9 Å². The van der Waals surface area contributed by atoms with E-state index in [9.17, 15) is 9.59 Å². The first-order valence-electron chi connectivity index (χ1n) is 6.94. The van der Waals surface area contributed by atoms with Crippen molar-refractivity contribution in [2.45, 2.75) is 12.8 Å². The van der Waals surface area contributed by atoms with Gasteiger partial charge in [0.05, 0.1) is 25.3 Å². The van der Waals surface area contributed by atoms with Gasteiger partial charge in [-0.2, -0.15) is 0 Å². The molecule has 0 aromatic heterocycles. The van der Waals surface area contributed by atoms with Crippen LogP contribution in [0.2, 0.25) is 0 Å². The third-order valence-corrected chi connectivity index (χ3v) is 4.33. The summed E-state index contributed by atoms with van der Waals surface area (Å²) in [6.45, 7) is 1.82. The van der Waals surface area contributed by atoms with Crippen LogP contribution in [0.5, 0.6) is 0 Å². The fourth-order valence-electron chi connectivity index (χ4n) is 2.45. The molecule has 1 amide bonds. The number of hydrogen-bond donors (Lipinski definition) is 1. The molecule has 0 atom stereocenters. The van der Waals surface area contributed by atoms with Crippen LogP contribution in [0.25, 0.3) is 0 Å². The molecule has 0 radical (unpaired) electrons. The minimum Gasteiger partial charge on any atom is -0.469 e. The summed E-state index contributed by atoms with van der Waals surface area (Å²) in [5.74, 6) is -0.219. The van der Waals surface area contributed by atoms with Crippen molar-refractivity contribution in [1.82, 2.24) is 4.90 Å². The second-order valence-corrected chi connectivity index (χ2v) is 5.96. The number of rotatable bonds is 4. The molecule has 1 fully saturated rings. The molecule has 1 aliphatic heterocycles. The van der Waals surface area contributed by atoms with Gasteiger partial charge in [-0.25, -0.2) is 0 Å². The Kier molecular flexibility index (Phi) is 5.76. The van der Waals surface area contributed by atoms with Gasteiger partial charge >= 0.3 is 5.97 Å². The molecule has 1 aliphatic rings. The van der Waals surface area contributed by atoms with Crippen molar-refractivity contribution in [3.05, 3.63) is 28.7 Å². The lowest BCUT2D eigenvalue weighted by molar-refractivity contribution is -0.147. The zero-order valence-corrected chi connectivity index (χ0v) is 13.6. The lowest BCUT2D eigenvalue weighted by Gasteiger charge is -2.29. The van der Waals surface area contributed by atoms with Crippen LogP contribution in [0.4, 0.5) is 5.69 Å². The van der Waals surface area contributed by atoms with Crippen molar-refractivity contribution in [1.29, 1.82) is 0 Å². The molecule has 6 heteroatoms. The number of likely N-dealkylation sites (tertiary alicyclic amines) is 1. The number of halogens is 1. The first-order valence-corrected chi connectivity index (χ1v) is 7.74. The van der Waals surface area contributed by atoms with Gasteiger partial charge in [0.1, 0.15) is 0 Å². The molecule has 21 heavy (non-hydrogen) atoms. The monoisotopic (exact) mass is 354 g/mol. The molecule has 0 unspecified atom stereocenters. The van der Waals surface area contributed by atoms with Crippen molar-refractivity contribution in [2.24, 2.45) is 5.92 Å². The molecule has 1 aromatic rings. The van der Waals surface area contributed by atoms with Crippen LogP contribution in [0.3, 0.4) is 0 Å². The molecule has 0 bridgehead atoms. The molecule has 0 spiro atoms. The Morgan fingerprint density at radius 1 is 1.33 bits per heavy atom. The number of anilines is 1. The topological polar surface area (TPSA) is 58.6 Å². The number of esters is 1. The van der Waals surface area contributed by atoms with E-state index in [0.717, 1.165) is 36.1 Å². The number of benzene rings is 1. The smallest absolute Gasteiger partial charge is 0.308 e. The van der Waals surface area contributed by atoms with Crippen LogP contribution in [0.1, 0.15) is 12.8 Å². The summed E-state index contributed by atoms with van der Waals surface area (Å²) in [5, 5.41) is 2.88. The van der Waals surface area contributed by atoms with E-state index in [1.54, 1.807) is 0 Å². The van der Waals surface area contributed by atoms with E-state index in [2.05, 4.69) is 26.1 Å². The summed E-state index contributed by atoms with van der Waals surface area (Å²) in [4.78, 5) is 25.5. The van der Waals surface area contributed by atoms with Gasteiger partial charge in [0.15, 0.2) is 0 Å². The average Bonchev–Trinajstić information content (AvgIpc) is 2.49. The Hall–Kier alpha value is -1.40. The zero-order chi connectivity index (χ0) is 15.2. The summed E-state index contributed by atoms with van der Waals surface area (Å²) in [7, 11) is 1.42. The lowest BCUT2D eigenvalue weighted by atomic mass is 9.97. The van der Waals surface area contributed by atoms with Gasteiger partial charge in [-0.1, -0.05) is 12.1 Å². The highest BCUT2D eigenvalue weighted by atomic mass is 79.9.